The molecule has 1 N–H and O–H groups in total. The number of hydrogen-bond donors (Lipinski definition) is 1. The molecule has 0 unspecified atom stereocenters. The van der Waals surface area contributed by atoms with Crippen LogP contribution in [-0.4, -0.2) is 19.7 Å². The van der Waals surface area contributed by atoms with Crippen LogP contribution in [0.5, 0.6) is 0 Å². The van der Waals surface area contributed by atoms with Gasteiger partial charge in [-0.25, -0.2) is 9.67 Å². The van der Waals surface area contributed by atoms with Crippen molar-refractivity contribution in [3.63, 3.8) is 0 Å². The maximum absolute atomic E-state index is 13.0. The summed E-state index contributed by atoms with van der Waals surface area (Å²) < 4.78 is 1.52. The highest BCUT2D eigenvalue weighted by Crippen LogP contribution is 2.31. The number of benzene rings is 2. The second-order valence-corrected chi connectivity index (χ2v) is 7.98. The minimum Gasteiger partial charge on any atom is -0.290 e. The van der Waals surface area contributed by atoms with Crippen molar-refractivity contribution in [1.29, 1.82) is 0 Å². The number of rotatable bonds is 3. The van der Waals surface area contributed by atoms with Crippen molar-refractivity contribution in [3.05, 3.63) is 87.4 Å². The molecule has 0 bridgehead atoms. The Morgan fingerprint density at radius 2 is 1.72 bits per heavy atom. The van der Waals surface area contributed by atoms with Crippen LogP contribution >= 0.6 is 22.9 Å². The molecule has 0 fully saturated rings. The Morgan fingerprint density at radius 1 is 1.00 bits per heavy atom. The fraction of sp³-hybridized carbons (Fsp3) is 0.0455. The molecular weight excluding hydrogens is 404 g/mol. The largest absolute Gasteiger partial charge is 0.290 e. The average molecular weight is 419 g/mol. The number of fused-ring (bicyclic) bond motifs is 1. The zero-order chi connectivity index (χ0) is 20.0. The Labute approximate surface area is 175 Å². The van der Waals surface area contributed by atoms with E-state index in [9.17, 15) is 4.79 Å². The van der Waals surface area contributed by atoms with Crippen LogP contribution in [0.2, 0.25) is 5.02 Å². The summed E-state index contributed by atoms with van der Waals surface area (Å²) in [6.45, 7) is 1.95. The Hall–Kier alpha value is -3.22. The first-order valence-electron chi connectivity index (χ1n) is 8.98. The van der Waals surface area contributed by atoms with Crippen molar-refractivity contribution < 1.29 is 0 Å². The summed E-state index contributed by atoms with van der Waals surface area (Å²) in [6.07, 6.45) is 3.43. The van der Waals surface area contributed by atoms with Crippen molar-refractivity contribution in [1.82, 2.24) is 19.7 Å². The number of pyridine rings is 1. The zero-order valence-corrected chi connectivity index (χ0v) is 17.0. The molecule has 0 amide bonds. The molecule has 3 heterocycles. The Morgan fingerprint density at radius 3 is 2.41 bits per heavy atom. The third-order valence-corrected chi connectivity index (χ3v) is 5.94. The number of thiazole rings is 1. The van der Waals surface area contributed by atoms with E-state index in [1.54, 1.807) is 35.9 Å². The molecule has 0 aliphatic rings. The normalized spacial score (nSPS) is 11.2. The predicted molar refractivity (Wildman–Crippen MR) is 118 cm³/mol. The number of halogens is 1. The van der Waals surface area contributed by atoms with Gasteiger partial charge in [0.1, 0.15) is 5.01 Å². The second kappa shape index (κ2) is 6.99. The topological polar surface area (TPSA) is 63.6 Å². The molecule has 0 saturated carbocycles. The van der Waals surface area contributed by atoms with Gasteiger partial charge in [0, 0.05) is 39.6 Å². The van der Waals surface area contributed by atoms with Gasteiger partial charge in [0.15, 0.2) is 0 Å². The van der Waals surface area contributed by atoms with Crippen LogP contribution < -0.4 is 5.56 Å². The molecule has 0 radical (unpaired) electrons. The quantitative estimate of drug-likeness (QED) is 0.422. The minimum absolute atomic E-state index is 0.143. The van der Waals surface area contributed by atoms with Gasteiger partial charge in [0.2, 0.25) is 0 Å². The van der Waals surface area contributed by atoms with Gasteiger partial charge in [0.25, 0.3) is 5.56 Å². The van der Waals surface area contributed by atoms with Gasteiger partial charge in [-0.1, -0.05) is 35.9 Å². The Balaban J connectivity index is 1.68. The summed E-state index contributed by atoms with van der Waals surface area (Å²) in [5, 5.41) is 7.37. The van der Waals surface area contributed by atoms with Gasteiger partial charge >= 0.3 is 0 Å². The highest BCUT2D eigenvalue weighted by atomic mass is 35.5. The summed E-state index contributed by atoms with van der Waals surface area (Å²) in [7, 11) is 0. The third-order valence-electron chi connectivity index (χ3n) is 4.86. The van der Waals surface area contributed by atoms with Crippen molar-refractivity contribution in [2.75, 3.05) is 0 Å². The summed E-state index contributed by atoms with van der Waals surface area (Å²) in [5.41, 5.74) is 5.16. The van der Waals surface area contributed by atoms with Crippen molar-refractivity contribution in [2.24, 2.45) is 0 Å². The Bertz CT molecular complexity index is 1370. The second-order valence-electron chi connectivity index (χ2n) is 6.65. The van der Waals surface area contributed by atoms with Gasteiger partial charge < -0.3 is 0 Å². The number of aromatic nitrogens is 4. The summed E-state index contributed by atoms with van der Waals surface area (Å²) in [4.78, 5) is 21.8. The maximum atomic E-state index is 13.0. The van der Waals surface area contributed by atoms with Gasteiger partial charge in [-0.3, -0.25) is 14.9 Å². The molecule has 5 nitrogen and oxygen atoms in total. The molecule has 7 heteroatoms. The van der Waals surface area contributed by atoms with Crippen LogP contribution in [0.25, 0.3) is 38.3 Å². The van der Waals surface area contributed by atoms with E-state index >= 15 is 0 Å². The summed E-state index contributed by atoms with van der Waals surface area (Å²) in [5.74, 6) is 0. The zero-order valence-electron chi connectivity index (χ0n) is 15.4. The predicted octanol–water partition coefficient (Wildman–Crippen LogP) is 5.47. The van der Waals surface area contributed by atoms with E-state index in [0.29, 0.717) is 10.4 Å². The minimum atomic E-state index is -0.143. The standard InChI is InChI=1S/C22H15ClN4OS/c1-13-19(14-2-4-15(5-3-14)21-24-10-11-29-21)20-18(12-25-13)22(28)27(26-20)17-8-6-16(23)7-9-17/h2-12,26H,1H3. The lowest BCUT2D eigenvalue weighted by molar-refractivity contribution is 0.864. The number of nitrogens with zero attached hydrogens (tertiary/aromatic N) is 3. The molecule has 0 saturated heterocycles. The molecule has 5 rings (SSSR count). The molecule has 0 spiro atoms. The number of H-pyrrole nitrogens is 1. The molecule has 29 heavy (non-hydrogen) atoms. The van der Waals surface area contributed by atoms with E-state index < -0.39 is 0 Å². The van der Waals surface area contributed by atoms with Gasteiger partial charge in [0.05, 0.1) is 16.6 Å². The van der Waals surface area contributed by atoms with Crippen LogP contribution in [0.4, 0.5) is 0 Å². The smallest absolute Gasteiger partial charge is 0.280 e. The van der Waals surface area contributed by atoms with Crippen LogP contribution in [0.1, 0.15) is 5.69 Å². The highest BCUT2D eigenvalue weighted by Gasteiger charge is 2.16. The fourth-order valence-electron chi connectivity index (χ4n) is 3.44. The molecular formula is C22H15ClN4OS. The number of nitrogens with one attached hydrogen (secondary N) is 1. The first-order chi connectivity index (χ1) is 14.1. The van der Waals surface area contributed by atoms with Gasteiger partial charge in [-0.15, -0.1) is 11.3 Å². The van der Waals surface area contributed by atoms with E-state index in [0.717, 1.165) is 38.6 Å². The van der Waals surface area contributed by atoms with Crippen LogP contribution in [0.15, 0.2) is 71.1 Å². The van der Waals surface area contributed by atoms with E-state index in [1.807, 2.05) is 48.7 Å². The lowest BCUT2D eigenvalue weighted by atomic mass is 10.0. The Kier molecular flexibility index (Phi) is 4.30. The summed E-state index contributed by atoms with van der Waals surface area (Å²) in [6, 6.07) is 15.3. The molecule has 0 atom stereocenters. The molecule has 0 aliphatic heterocycles. The monoisotopic (exact) mass is 418 g/mol. The first-order valence-corrected chi connectivity index (χ1v) is 10.2. The maximum Gasteiger partial charge on any atom is 0.280 e. The number of aromatic amines is 1. The molecule has 3 aromatic heterocycles. The lowest BCUT2D eigenvalue weighted by Gasteiger charge is -2.08. The third kappa shape index (κ3) is 3.06. The summed E-state index contributed by atoms with van der Waals surface area (Å²) >= 11 is 7.59. The average Bonchev–Trinajstić information content (AvgIpc) is 3.38. The van der Waals surface area contributed by atoms with E-state index in [1.165, 1.54) is 4.68 Å². The SMILES string of the molecule is Cc1ncc2c(=O)n(-c3ccc(Cl)cc3)[nH]c2c1-c1ccc(-c2nccs2)cc1. The van der Waals surface area contributed by atoms with Crippen molar-refractivity contribution in [3.8, 4) is 27.4 Å². The van der Waals surface area contributed by atoms with Crippen molar-refractivity contribution >= 4 is 33.8 Å². The van der Waals surface area contributed by atoms with Gasteiger partial charge in [-0.05, 0) is 36.8 Å². The van der Waals surface area contributed by atoms with Crippen LogP contribution in [0.3, 0.4) is 0 Å². The fourth-order valence-corrected chi connectivity index (χ4v) is 4.21. The molecule has 0 aliphatic carbocycles. The number of hydrogen-bond acceptors (Lipinski definition) is 4. The molecule has 2 aromatic carbocycles. The number of aryl methyl sites for hydroxylation is 1. The lowest BCUT2D eigenvalue weighted by Crippen LogP contribution is -2.14. The van der Waals surface area contributed by atoms with Crippen LogP contribution in [0, 0.1) is 6.92 Å². The first kappa shape index (κ1) is 17.8. The van der Waals surface area contributed by atoms with Crippen molar-refractivity contribution in [2.45, 2.75) is 6.92 Å². The molecule has 142 valence electrons. The van der Waals surface area contributed by atoms with Gasteiger partial charge in [-0.2, -0.15) is 0 Å². The molecule has 5 aromatic rings. The van der Waals surface area contributed by atoms with E-state index in [4.69, 9.17) is 11.6 Å². The van der Waals surface area contributed by atoms with E-state index in [-0.39, 0.29) is 5.56 Å². The van der Waals surface area contributed by atoms with E-state index in [2.05, 4.69) is 15.1 Å². The highest BCUT2D eigenvalue weighted by molar-refractivity contribution is 7.13. The van der Waals surface area contributed by atoms with Crippen LogP contribution in [-0.2, 0) is 0 Å².